The number of hydrogen-bond acceptors (Lipinski definition) is 5. The van der Waals surface area contributed by atoms with Crippen LogP contribution < -0.4 is 11.5 Å². The fraction of sp³-hybridized carbons (Fsp3) is 0.0435. The van der Waals surface area contributed by atoms with Crippen LogP contribution in [0, 0.1) is 6.92 Å². The lowest BCUT2D eigenvalue weighted by Crippen LogP contribution is -2.11. The van der Waals surface area contributed by atoms with Crippen molar-refractivity contribution >= 4 is 29.7 Å². The number of hydrogen-bond donors (Lipinski definition) is 3. The van der Waals surface area contributed by atoms with Crippen LogP contribution in [0.1, 0.15) is 26.3 Å². The van der Waals surface area contributed by atoms with Gasteiger partial charge in [-0.1, -0.05) is 41.9 Å². The predicted octanol–water partition coefficient (Wildman–Crippen LogP) is 4.26. The van der Waals surface area contributed by atoms with Crippen LogP contribution in [0.25, 0.3) is 33.8 Å². The minimum atomic E-state index is -0.587. The summed E-state index contributed by atoms with van der Waals surface area (Å²) in [5, 5.41) is 0.536. The Balaban J connectivity index is 1.92. The molecular formula is C23H18ClN5O2. The van der Waals surface area contributed by atoms with E-state index in [1.807, 2.05) is 13.0 Å². The molecular weight excluding hydrogens is 414 g/mol. The minimum absolute atomic E-state index is 0.0824. The number of aldehydes is 1. The summed E-state index contributed by atoms with van der Waals surface area (Å²) >= 11 is 6.18. The van der Waals surface area contributed by atoms with Gasteiger partial charge in [0, 0.05) is 27.9 Å². The van der Waals surface area contributed by atoms with E-state index >= 15 is 0 Å². The normalized spacial score (nSPS) is 10.8. The number of nitrogen functional groups attached to an aromatic ring is 1. The summed E-state index contributed by atoms with van der Waals surface area (Å²) in [6.45, 7) is 1.92. The monoisotopic (exact) mass is 431 g/mol. The van der Waals surface area contributed by atoms with Crippen LogP contribution in [-0.4, -0.2) is 27.1 Å². The largest absolute Gasteiger partial charge is 0.368 e. The lowest BCUT2D eigenvalue weighted by atomic mass is 10.0. The first-order valence-corrected chi connectivity index (χ1v) is 9.73. The third kappa shape index (κ3) is 3.91. The van der Waals surface area contributed by atoms with Crippen molar-refractivity contribution in [2.45, 2.75) is 6.92 Å². The molecule has 0 atom stereocenters. The molecule has 0 aliphatic carbocycles. The molecule has 0 saturated heterocycles. The summed E-state index contributed by atoms with van der Waals surface area (Å²) in [7, 11) is 0. The molecule has 8 heteroatoms. The third-order valence-electron chi connectivity index (χ3n) is 4.97. The standard InChI is InChI=1S/C23H18ClN5O2/c1-12-2-7-15(24)8-16(12)20-17(22(25)31)9-19(28-20)21-18(10-27-23(26)29-21)14-5-3-13(11-30)4-6-14/h2-11,28H,1H3,(H2,25,31)(H2,26,27,29). The second kappa shape index (κ2) is 8.04. The van der Waals surface area contributed by atoms with Gasteiger partial charge in [0.05, 0.1) is 22.6 Å². The second-order valence-electron chi connectivity index (χ2n) is 7.03. The average Bonchev–Trinajstić information content (AvgIpc) is 3.21. The van der Waals surface area contributed by atoms with Crippen LogP contribution in [0.3, 0.4) is 0 Å². The molecule has 2 heterocycles. The number of aromatic amines is 1. The van der Waals surface area contributed by atoms with Crippen molar-refractivity contribution in [1.29, 1.82) is 0 Å². The molecule has 0 fully saturated rings. The van der Waals surface area contributed by atoms with Gasteiger partial charge in [0.15, 0.2) is 0 Å². The van der Waals surface area contributed by atoms with E-state index in [-0.39, 0.29) is 5.95 Å². The van der Waals surface area contributed by atoms with E-state index in [4.69, 9.17) is 23.1 Å². The summed E-state index contributed by atoms with van der Waals surface area (Å²) in [4.78, 5) is 35.0. The van der Waals surface area contributed by atoms with Gasteiger partial charge in [-0.25, -0.2) is 9.97 Å². The Morgan fingerprint density at radius 2 is 1.84 bits per heavy atom. The summed E-state index contributed by atoms with van der Waals surface area (Å²) in [6, 6.07) is 14.0. The van der Waals surface area contributed by atoms with Gasteiger partial charge < -0.3 is 16.5 Å². The van der Waals surface area contributed by atoms with E-state index in [2.05, 4.69) is 15.0 Å². The Labute approximate surface area is 183 Å². The maximum atomic E-state index is 12.2. The fourth-order valence-electron chi connectivity index (χ4n) is 3.41. The molecule has 31 heavy (non-hydrogen) atoms. The number of aromatic nitrogens is 3. The number of nitrogens with two attached hydrogens (primary N) is 2. The van der Waals surface area contributed by atoms with Crippen molar-refractivity contribution in [3.05, 3.63) is 76.4 Å². The van der Waals surface area contributed by atoms with Crippen molar-refractivity contribution in [3.8, 4) is 33.8 Å². The van der Waals surface area contributed by atoms with E-state index in [1.165, 1.54) is 0 Å². The Morgan fingerprint density at radius 1 is 1.10 bits per heavy atom. The first kappa shape index (κ1) is 20.3. The molecule has 4 aromatic rings. The van der Waals surface area contributed by atoms with Gasteiger partial charge in [-0.05, 0) is 36.2 Å². The molecule has 1 amide bonds. The molecule has 5 N–H and O–H groups in total. The van der Waals surface area contributed by atoms with Crippen LogP contribution in [0.5, 0.6) is 0 Å². The van der Waals surface area contributed by atoms with Gasteiger partial charge in [-0.2, -0.15) is 0 Å². The van der Waals surface area contributed by atoms with E-state index < -0.39 is 5.91 Å². The lowest BCUT2D eigenvalue weighted by Gasteiger charge is -2.09. The Hall–Kier alpha value is -3.97. The summed E-state index contributed by atoms with van der Waals surface area (Å²) in [5.41, 5.74) is 17.1. The number of nitrogens with one attached hydrogen (secondary N) is 1. The molecule has 0 radical (unpaired) electrons. The minimum Gasteiger partial charge on any atom is -0.368 e. The zero-order chi connectivity index (χ0) is 22.1. The Bertz CT molecular complexity index is 1310. The smallest absolute Gasteiger partial charge is 0.250 e. The summed E-state index contributed by atoms with van der Waals surface area (Å²) in [5.74, 6) is -0.505. The van der Waals surface area contributed by atoms with Crippen molar-refractivity contribution in [1.82, 2.24) is 15.0 Å². The highest BCUT2D eigenvalue weighted by Crippen LogP contribution is 2.35. The maximum Gasteiger partial charge on any atom is 0.250 e. The number of aryl methyl sites for hydroxylation is 1. The average molecular weight is 432 g/mol. The first-order valence-electron chi connectivity index (χ1n) is 9.35. The highest BCUT2D eigenvalue weighted by molar-refractivity contribution is 6.31. The number of halogens is 1. The highest BCUT2D eigenvalue weighted by Gasteiger charge is 2.20. The van der Waals surface area contributed by atoms with Crippen LogP contribution in [0.15, 0.2) is 54.7 Å². The van der Waals surface area contributed by atoms with Crippen molar-refractivity contribution in [3.63, 3.8) is 0 Å². The van der Waals surface area contributed by atoms with Crippen LogP contribution in [0.4, 0.5) is 5.95 Å². The van der Waals surface area contributed by atoms with Crippen LogP contribution in [0.2, 0.25) is 5.02 Å². The fourth-order valence-corrected chi connectivity index (χ4v) is 3.58. The predicted molar refractivity (Wildman–Crippen MR) is 121 cm³/mol. The number of rotatable bonds is 5. The van der Waals surface area contributed by atoms with Crippen molar-refractivity contribution in [2.24, 2.45) is 5.73 Å². The number of nitrogens with zero attached hydrogens (tertiary/aromatic N) is 2. The van der Waals surface area contributed by atoms with Crippen LogP contribution >= 0.6 is 11.6 Å². The lowest BCUT2D eigenvalue weighted by molar-refractivity contribution is 0.100. The molecule has 0 bridgehead atoms. The number of primary amides is 1. The molecule has 0 unspecified atom stereocenters. The van der Waals surface area contributed by atoms with Gasteiger partial charge in [-0.15, -0.1) is 0 Å². The number of carbonyl (C=O) groups is 2. The molecule has 0 aliphatic heterocycles. The molecule has 2 aromatic carbocycles. The topological polar surface area (TPSA) is 128 Å². The van der Waals surface area contributed by atoms with Crippen molar-refractivity contribution in [2.75, 3.05) is 5.73 Å². The number of anilines is 1. The van der Waals surface area contributed by atoms with Gasteiger partial charge in [0.25, 0.3) is 5.91 Å². The highest BCUT2D eigenvalue weighted by atomic mass is 35.5. The first-order chi connectivity index (χ1) is 14.9. The summed E-state index contributed by atoms with van der Waals surface area (Å²) < 4.78 is 0. The molecule has 0 aliphatic rings. The molecule has 7 nitrogen and oxygen atoms in total. The molecule has 2 aromatic heterocycles. The van der Waals surface area contributed by atoms with E-state index in [9.17, 15) is 9.59 Å². The zero-order valence-corrected chi connectivity index (χ0v) is 17.3. The molecule has 4 rings (SSSR count). The van der Waals surface area contributed by atoms with Gasteiger partial charge in [0.1, 0.15) is 6.29 Å². The number of amides is 1. The van der Waals surface area contributed by atoms with Crippen LogP contribution in [-0.2, 0) is 0 Å². The van der Waals surface area contributed by atoms with Crippen molar-refractivity contribution < 1.29 is 9.59 Å². The number of benzene rings is 2. The molecule has 0 saturated carbocycles. The summed E-state index contributed by atoms with van der Waals surface area (Å²) in [6.07, 6.45) is 2.37. The van der Waals surface area contributed by atoms with E-state index in [1.54, 1.807) is 48.7 Å². The van der Waals surface area contributed by atoms with Gasteiger partial charge in [-0.3, -0.25) is 9.59 Å². The third-order valence-corrected chi connectivity index (χ3v) is 5.21. The van der Waals surface area contributed by atoms with Gasteiger partial charge in [0.2, 0.25) is 5.95 Å². The van der Waals surface area contributed by atoms with E-state index in [0.29, 0.717) is 38.8 Å². The zero-order valence-electron chi connectivity index (χ0n) is 16.5. The Kier molecular flexibility index (Phi) is 5.27. The SMILES string of the molecule is Cc1ccc(Cl)cc1-c1[nH]c(-c2nc(N)ncc2-c2ccc(C=O)cc2)cc1C(N)=O. The van der Waals surface area contributed by atoms with Gasteiger partial charge >= 0.3 is 0 Å². The number of carbonyl (C=O) groups excluding carboxylic acids is 2. The molecule has 0 spiro atoms. The molecule has 154 valence electrons. The quantitative estimate of drug-likeness (QED) is 0.407. The maximum absolute atomic E-state index is 12.2. The van der Waals surface area contributed by atoms with E-state index in [0.717, 1.165) is 23.0 Å². The second-order valence-corrected chi connectivity index (χ2v) is 7.46. The number of H-pyrrole nitrogens is 1. The Morgan fingerprint density at radius 3 is 2.52 bits per heavy atom.